The van der Waals surface area contributed by atoms with Gasteiger partial charge in [0, 0.05) is 6.92 Å². The monoisotopic (exact) mass is 218 g/mol. The van der Waals surface area contributed by atoms with E-state index in [1.807, 2.05) is 0 Å². The van der Waals surface area contributed by atoms with Gasteiger partial charge in [0.05, 0.1) is 10.8 Å². The number of hydrogen-bond acceptors (Lipinski definition) is 2. The number of esters is 1. The van der Waals surface area contributed by atoms with Gasteiger partial charge in [0.15, 0.2) is 0 Å². The van der Waals surface area contributed by atoms with Gasteiger partial charge in [-0.3, -0.25) is 4.79 Å². The van der Waals surface area contributed by atoms with Gasteiger partial charge in [-0.05, 0) is 0 Å². The molecule has 0 rings (SSSR count). The number of hydrogen-bond donors (Lipinski definition) is 0. The largest absolute Gasteiger partial charge is 0.435 e. The quantitative estimate of drug-likeness (QED) is 0.500. The fraction of sp³-hybridized carbons (Fsp3) is 0.167. The molecule has 0 atom stereocenters. The van der Waals surface area contributed by atoms with Crippen LogP contribution in [0, 0.1) is 0 Å². The number of halogens is 3. The molecule has 0 unspecified atom stereocenters. The highest BCUT2D eigenvalue weighted by molar-refractivity contribution is 6.55. The van der Waals surface area contributed by atoms with E-state index in [1.54, 1.807) is 0 Å². The van der Waals surface area contributed by atoms with Crippen LogP contribution in [0.15, 0.2) is 23.9 Å². The zero-order chi connectivity index (χ0) is 8.57. The molecular formula is C6H9Cl3O2. The first-order chi connectivity index (χ1) is 4.50. The van der Waals surface area contributed by atoms with Gasteiger partial charge in [-0.25, -0.2) is 0 Å². The van der Waals surface area contributed by atoms with Crippen LogP contribution in [-0.4, -0.2) is 5.97 Å². The lowest BCUT2D eigenvalue weighted by atomic mass is 10.8. The van der Waals surface area contributed by atoms with Crippen molar-refractivity contribution >= 4 is 41.6 Å². The number of ether oxygens (including phenoxy) is 1. The van der Waals surface area contributed by atoms with E-state index in [9.17, 15) is 4.79 Å². The second-order valence-electron chi connectivity index (χ2n) is 1.11. The molecule has 0 aliphatic carbocycles. The predicted octanol–water partition coefficient (Wildman–Crippen LogP) is 3.05. The second kappa shape index (κ2) is 12.5. The van der Waals surface area contributed by atoms with Gasteiger partial charge >= 0.3 is 5.97 Å². The molecule has 0 fully saturated rings. The second-order valence-corrected chi connectivity index (χ2v) is 2.22. The Labute approximate surface area is 82.2 Å². The molecule has 0 N–H and O–H groups in total. The van der Waals surface area contributed by atoms with Gasteiger partial charge in [-0.1, -0.05) is 36.4 Å². The van der Waals surface area contributed by atoms with Crippen molar-refractivity contribution in [3.63, 3.8) is 0 Å². The van der Waals surface area contributed by atoms with Crippen molar-refractivity contribution in [1.82, 2.24) is 0 Å². The molecule has 0 aromatic carbocycles. The normalized spacial score (nSPS) is 6.09. The minimum Gasteiger partial charge on any atom is -0.435 e. The van der Waals surface area contributed by atoms with Gasteiger partial charge in [-0.15, -0.1) is 12.4 Å². The maximum atomic E-state index is 9.75. The van der Waals surface area contributed by atoms with E-state index >= 15 is 0 Å². The van der Waals surface area contributed by atoms with Crippen LogP contribution in [0.25, 0.3) is 0 Å². The molecule has 0 bridgehead atoms. The van der Waals surface area contributed by atoms with E-state index in [1.165, 1.54) is 6.92 Å². The SMILES string of the molecule is C=C(Cl)Cl.C=COC(C)=O.Cl. The van der Waals surface area contributed by atoms with Gasteiger partial charge < -0.3 is 4.74 Å². The zero-order valence-corrected chi connectivity index (χ0v) is 8.30. The molecule has 0 saturated carbocycles. The molecule has 0 aromatic heterocycles. The Bertz CT molecular complexity index is 130. The molecule has 0 saturated heterocycles. The summed E-state index contributed by atoms with van der Waals surface area (Å²) in [4.78, 5) is 9.75. The van der Waals surface area contributed by atoms with Crippen molar-refractivity contribution in [3.05, 3.63) is 23.9 Å². The summed E-state index contributed by atoms with van der Waals surface area (Å²) >= 11 is 9.69. The van der Waals surface area contributed by atoms with Gasteiger partial charge in [-0.2, -0.15) is 0 Å². The summed E-state index contributed by atoms with van der Waals surface area (Å²) in [7, 11) is 0. The molecule has 66 valence electrons. The first-order valence-electron chi connectivity index (χ1n) is 2.28. The minimum absolute atomic E-state index is 0. The highest BCUT2D eigenvalue weighted by Crippen LogP contribution is 1.98. The Morgan fingerprint density at radius 2 is 1.82 bits per heavy atom. The summed E-state index contributed by atoms with van der Waals surface area (Å²) in [6, 6.07) is 0. The average Bonchev–Trinajstić information content (AvgIpc) is 1.62. The highest BCUT2D eigenvalue weighted by Gasteiger charge is 1.79. The molecule has 0 aliphatic heterocycles. The first-order valence-corrected chi connectivity index (χ1v) is 3.04. The maximum Gasteiger partial charge on any atom is 0.307 e. The van der Waals surface area contributed by atoms with Crippen molar-refractivity contribution in [2.45, 2.75) is 6.92 Å². The lowest BCUT2D eigenvalue weighted by Crippen LogP contribution is -1.87. The third kappa shape index (κ3) is 75.5. The first kappa shape index (κ1) is 17.1. The van der Waals surface area contributed by atoms with E-state index in [0.717, 1.165) is 6.26 Å². The summed E-state index contributed by atoms with van der Waals surface area (Å²) in [6.45, 7) is 7.57. The molecular weight excluding hydrogens is 210 g/mol. The number of carbonyl (C=O) groups is 1. The summed E-state index contributed by atoms with van der Waals surface area (Å²) < 4.78 is 4.28. The molecule has 0 heterocycles. The van der Waals surface area contributed by atoms with E-state index in [0.29, 0.717) is 0 Å². The third-order valence-corrected chi connectivity index (χ3v) is 0.249. The van der Waals surface area contributed by atoms with Crippen LogP contribution >= 0.6 is 35.6 Å². The minimum atomic E-state index is -0.329. The maximum absolute atomic E-state index is 9.75. The van der Waals surface area contributed by atoms with Crippen LogP contribution < -0.4 is 0 Å². The lowest BCUT2D eigenvalue weighted by molar-refractivity contribution is -0.135. The lowest BCUT2D eigenvalue weighted by Gasteiger charge is -1.83. The highest BCUT2D eigenvalue weighted by atomic mass is 35.5. The van der Waals surface area contributed by atoms with Crippen LogP contribution in [-0.2, 0) is 9.53 Å². The Hall–Kier alpha value is -0.180. The van der Waals surface area contributed by atoms with Crippen molar-refractivity contribution in [2.24, 2.45) is 0 Å². The van der Waals surface area contributed by atoms with Gasteiger partial charge in [0.1, 0.15) is 0 Å². The van der Waals surface area contributed by atoms with Crippen LogP contribution in [0.1, 0.15) is 6.92 Å². The summed E-state index contributed by atoms with van der Waals surface area (Å²) in [5, 5.41) is 0. The van der Waals surface area contributed by atoms with Crippen LogP contribution in [0.5, 0.6) is 0 Å². The third-order valence-electron chi connectivity index (χ3n) is 0.249. The van der Waals surface area contributed by atoms with Crippen molar-refractivity contribution in [1.29, 1.82) is 0 Å². The van der Waals surface area contributed by atoms with E-state index in [2.05, 4.69) is 17.9 Å². The predicted molar refractivity (Wildman–Crippen MR) is 50.1 cm³/mol. The van der Waals surface area contributed by atoms with Gasteiger partial charge in [0.25, 0.3) is 0 Å². The van der Waals surface area contributed by atoms with Crippen molar-refractivity contribution < 1.29 is 9.53 Å². The van der Waals surface area contributed by atoms with Crippen molar-refractivity contribution in [2.75, 3.05) is 0 Å². The van der Waals surface area contributed by atoms with E-state index in [-0.39, 0.29) is 22.9 Å². The standard InChI is InChI=1S/C4H6O2.C2H2Cl2.ClH/c1-3-6-4(2)5;1-2(3)4;/h3H,1H2,2H3;1H2;1H. The Morgan fingerprint density at radius 1 is 1.55 bits per heavy atom. The number of carbonyl (C=O) groups excluding carboxylic acids is 1. The van der Waals surface area contributed by atoms with Crippen molar-refractivity contribution in [3.8, 4) is 0 Å². The Morgan fingerprint density at radius 3 is 1.82 bits per heavy atom. The van der Waals surface area contributed by atoms with E-state index < -0.39 is 0 Å². The molecule has 0 aliphatic rings. The summed E-state index contributed by atoms with van der Waals surface area (Å²) in [6.07, 6.45) is 1.10. The Balaban J connectivity index is -0.000000114. The summed E-state index contributed by atoms with van der Waals surface area (Å²) in [5.41, 5.74) is 0. The molecule has 0 radical (unpaired) electrons. The average molecular weight is 219 g/mol. The molecule has 11 heavy (non-hydrogen) atoms. The number of rotatable bonds is 1. The van der Waals surface area contributed by atoms with Crippen LogP contribution in [0.4, 0.5) is 0 Å². The molecule has 0 aromatic rings. The topological polar surface area (TPSA) is 26.3 Å². The van der Waals surface area contributed by atoms with Gasteiger partial charge in [0.2, 0.25) is 0 Å². The summed E-state index contributed by atoms with van der Waals surface area (Å²) in [5.74, 6) is -0.329. The smallest absolute Gasteiger partial charge is 0.307 e. The molecule has 2 nitrogen and oxygen atoms in total. The zero-order valence-electron chi connectivity index (χ0n) is 5.97. The Kier molecular flexibility index (Phi) is 19.4. The fourth-order valence-corrected chi connectivity index (χ4v) is 0.117. The fourth-order valence-electron chi connectivity index (χ4n) is 0.117. The molecule has 5 heteroatoms. The van der Waals surface area contributed by atoms with Crippen LogP contribution in [0.3, 0.4) is 0 Å². The van der Waals surface area contributed by atoms with E-state index in [4.69, 9.17) is 23.2 Å². The molecule has 0 amide bonds. The molecule has 0 spiro atoms. The van der Waals surface area contributed by atoms with Crippen LogP contribution in [0.2, 0.25) is 0 Å².